The molecule has 3 aliphatic carbocycles. The maximum atomic E-state index is 6.94. The Morgan fingerprint density at radius 1 is 0.806 bits per heavy atom. The zero-order chi connectivity index (χ0) is 21.5. The van der Waals surface area contributed by atoms with E-state index in [9.17, 15) is 0 Å². The van der Waals surface area contributed by atoms with Crippen LogP contribution in [-0.2, 0) is 0 Å². The van der Waals surface area contributed by atoms with Crippen LogP contribution in [0.25, 0.3) is 0 Å². The Bertz CT molecular complexity index is 989. The molecule has 3 nitrogen and oxygen atoms in total. The predicted octanol–water partition coefficient (Wildman–Crippen LogP) is 5.51. The van der Waals surface area contributed by atoms with Gasteiger partial charge in [-0.15, -0.1) is 0 Å². The third kappa shape index (κ3) is 5.31. The van der Waals surface area contributed by atoms with Crippen molar-refractivity contribution in [2.45, 2.75) is 12.8 Å². The molecule has 5 heteroatoms. The standard InChI is InChI=1S/C26H28ClN3S/c27-23-24(28-15-13-19-7-1-2-8-19)21-11-5-6-12-22(21)25(26(23)30-17-18-31)29-16-14-20-9-3-4-10-20/h1-12,19-20,30-31H,13-18H2. The summed E-state index contributed by atoms with van der Waals surface area (Å²) in [4.78, 5) is 9.93. The van der Waals surface area contributed by atoms with E-state index in [1.165, 1.54) is 0 Å². The van der Waals surface area contributed by atoms with Gasteiger partial charge in [0.2, 0.25) is 0 Å². The van der Waals surface area contributed by atoms with Crippen molar-refractivity contribution in [3.63, 3.8) is 0 Å². The number of rotatable bonds is 9. The van der Waals surface area contributed by atoms with Crippen LogP contribution in [-0.4, -0.2) is 36.8 Å². The van der Waals surface area contributed by atoms with E-state index in [0.29, 0.717) is 22.6 Å². The first-order valence-corrected chi connectivity index (χ1v) is 11.9. The van der Waals surface area contributed by atoms with Gasteiger partial charge in [0.15, 0.2) is 0 Å². The smallest absolute Gasteiger partial charge is 0.0918 e. The minimum absolute atomic E-state index is 0.462. The van der Waals surface area contributed by atoms with E-state index in [1.807, 2.05) is 6.07 Å². The van der Waals surface area contributed by atoms with Gasteiger partial charge in [0.25, 0.3) is 0 Å². The second-order valence-corrected chi connectivity index (χ2v) is 8.62. The van der Waals surface area contributed by atoms with Crippen molar-refractivity contribution in [3.05, 3.63) is 94.7 Å². The molecule has 0 radical (unpaired) electrons. The van der Waals surface area contributed by atoms with E-state index in [-0.39, 0.29) is 0 Å². The number of nitrogens with zero attached hydrogens (tertiary/aromatic N) is 2. The topological polar surface area (TPSA) is 36.8 Å². The SMILES string of the molecule is SCCNC1=C(Cl)C(=NCCC2C=CC=C2)c2ccccc2C1=NCCC1C=CC=C1. The lowest BCUT2D eigenvalue weighted by Crippen LogP contribution is -2.31. The molecule has 4 rings (SSSR count). The molecule has 0 aliphatic heterocycles. The van der Waals surface area contributed by atoms with Crippen LogP contribution in [0.15, 0.2) is 93.6 Å². The molecular weight excluding hydrogens is 422 g/mol. The minimum Gasteiger partial charge on any atom is -0.381 e. The van der Waals surface area contributed by atoms with E-state index in [2.05, 4.69) is 84.8 Å². The Hall–Kier alpha value is -2.30. The molecule has 0 saturated heterocycles. The molecule has 0 saturated carbocycles. The molecule has 0 unspecified atom stereocenters. The molecule has 0 heterocycles. The maximum Gasteiger partial charge on any atom is 0.0918 e. The fraction of sp³-hybridized carbons (Fsp3) is 0.308. The van der Waals surface area contributed by atoms with E-state index in [0.717, 1.165) is 60.7 Å². The normalized spacial score (nSPS) is 20.6. The van der Waals surface area contributed by atoms with Crippen molar-refractivity contribution in [1.82, 2.24) is 5.32 Å². The lowest BCUT2D eigenvalue weighted by molar-refractivity contribution is 0.727. The molecule has 3 aliphatic rings. The summed E-state index contributed by atoms with van der Waals surface area (Å²) in [6.07, 6.45) is 19.2. The highest BCUT2D eigenvalue weighted by atomic mass is 35.5. The lowest BCUT2D eigenvalue weighted by Gasteiger charge is -2.25. The van der Waals surface area contributed by atoms with Gasteiger partial charge in [-0.25, -0.2) is 0 Å². The van der Waals surface area contributed by atoms with Crippen molar-refractivity contribution < 1.29 is 0 Å². The summed E-state index contributed by atoms with van der Waals surface area (Å²) in [6.45, 7) is 2.19. The molecule has 160 valence electrons. The highest BCUT2D eigenvalue weighted by Crippen LogP contribution is 2.29. The molecule has 0 spiro atoms. The summed E-state index contributed by atoms with van der Waals surface area (Å²) >= 11 is 11.3. The highest BCUT2D eigenvalue weighted by molar-refractivity contribution is 7.80. The van der Waals surface area contributed by atoms with Crippen LogP contribution in [0.1, 0.15) is 24.0 Å². The Morgan fingerprint density at radius 3 is 1.87 bits per heavy atom. The van der Waals surface area contributed by atoms with E-state index >= 15 is 0 Å². The van der Waals surface area contributed by atoms with E-state index < -0.39 is 0 Å². The average Bonchev–Trinajstić information content (AvgIpc) is 3.49. The van der Waals surface area contributed by atoms with Gasteiger partial charge in [0, 0.05) is 36.5 Å². The largest absolute Gasteiger partial charge is 0.381 e. The lowest BCUT2D eigenvalue weighted by atomic mass is 9.90. The summed E-state index contributed by atoms with van der Waals surface area (Å²) in [5.74, 6) is 1.64. The van der Waals surface area contributed by atoms with Crippen LogP contribution in [0, 0.1) is 11.8 Å². The Kier molecular flexibility index (Phi) is 7.66. The van der Waals surface area contributed by atoms with Crippen LogP contribution >= 0.6 is 24.2 Å². The summed E-state index contributed by atoms with van der Waals surface area (Å²) in [7, 11) is 0. The molecule has 1 N–H and O–H groups in total. The number of nitrogens with one attached hydrogen (secondary N) is 1. The van der Waals surface area contributed by atoms with Crippen LogP contribution in [0.5, 0.6) is 0 Å². The molecule has 1 aromatic rings. The number of hydrogen-bond donors (Lipinski definition) is 2. The van der Waals surface area contributed by atoms with Crippen molar-refractivity contribution in [2.24, 2.45) is 21.8 Å². The molecule has 1 aromatic carbocycles. The molecule has 0 aromatic heterocycles. The van der Waals surface area contributed by atoms with Crippen LogP contribution in [0.4, 0.5) is 0 Å². The molecule has 0 bridgehead atoms. The minimum atomic E-state index is 0.462. The first-order valence-electron chi connectivity index (χ1n) is 10.9. The van der Waals surface area contributed by atoms with Gasteiger partial charge in [-0.3, -0.25) is 9.98 Å². The summed E-state index contributed by atoms with van der Waals surface area (Å²) < 4.78 is 0. The summed E-state index contributed by atoms with van der Waals surface area (Å²) in [5.41, 5.74) is 4.79. The molecule has 0 fully saturated rings. The van der Waals surface area contributed by atoms with Gasteiger partial charge < -0.3 is 5.32 Å². The highest BCUT2D eigenvalue weighted by Gasteiger charge is 2.28. The van der Waals surface area contributed by atoms with Gasteiger partial charge in [0.1, 0.15) is 0 Å². The third-order valence-corrected chi connectivity index (χ3v) is 6.23. The number of halogens is 1. The molecule has 0 amide bonds. The Labute approximate surface area is 195 Å². The first-order chi connectivity index (χ1) is 15.3. The second-order valence-electron chi connectivity index (χ2n) is 7.79. The van der Waals surface area contributed by atoms with Crippen LogP contribution < -0.4 is 5.32 Å². The van der Waals surface area contributed by atoms with Crippen molar-refractivity contribution in [1.29, 1.82) is 0 Å². The zero-order valence-corrected chi connectivity index (χ0v) is 19.2. The number of fused-ring (bicyclic) bond motifs is 1. The van der Waals surface area contributed by atoms with Gasteiger partial charge in [-0.05, 0) is 24.7 Å². The van der Waals surface area contributed by atoms with Crippen molar-refractivity contribution in [3.8, 4) is 0 Å². The van der Waals surface area contributed by atoms with E-state index in [4.69, 9.17) is 21.6 Å². The van der Waals surface area contributed by atoms with E-state index in [1.54, 1.807) is 0 Å². The fourth-order valence-electron chi connectivity index (χ4n) is 4.02. The van der Waals surface area contributed by atoms with Gasteiger partial charge in [-0.2, -0.15) is 12.6 Å². The molecule has 0 atom stereocenters. The number of allylic oxidation sites excluding steroid dienone is 10. The van der Waals surface area contributed by atoms with Crippen LogP contribution in [0.3, 0.4) is 0 Å². The monoisotopic (exact) mass is 449 g/mol. The average molecular weight is 450 g/mol. The molecule has 31 heavy (non-hydrogen) atoms. The third-order valence-electron chi connectivity index (χ3n) is 5.64. The number of hydrogen-bond acceptors (Lipinski definition) is 4. The second kappa shape index (κ2) is 10.8. The predicted molar refractivity (Wildman–Crippen MR) is 137 cm³/mol. The maximum absolute atomic E-state index is 6.94. The van der Waals surface area contributed by atoms with Crippen molar-refractivity contribution in [2.75, 3.05) is 25.4 Å². The summed E-state index contributed by atoms with van der Waals surface area (Å²) in [5, 5.41) is 4.11. The Morgan fingerprint density at radius 2 is 1.32 bits per heavy atom. The number of aliphatic imine (C=N–C) groups is 2. The van der Waals surface area contributed by atoms with Gasteiger partial charge in [0.05, 0.1) is 22.2 Å². The quantitative estimate of drug-likeness (QED) is 0.479. The van der Waals surface area contributed by atoms with Gasteiger partial charge >= 0.3 is 0 Å². The Balaban J connectivity index is 1.63. The van der Waals surface area contributed by atoms with Crippen LogP contribution in [0.2, 0.25) is 0 Å². The van der Waals surface area contributed by atoms with Gasteiger partial charge in [-0.1, -0.05) is 84.5 Å². The molecular formula is C26H28ClN3S. The summed E-state index contributed by atoms with van der Waals surface area (Å²) in [6, 6.07) is 8.31. The fourth-order valence-corrected chi connectivity index (χ4v) is 4.45. The number of thiol groups is 1. The number of benzene rings is 1. The first kappa shape index (κ1) is 21.9. The zero-order valence-electron chi connectivity index (χ0n) is 17.5. The van der Waals surface area contributed by atoms with Crippen molar-refractivity contribution >= 4 is 35.7 Å².